The lowest BCUT2D eigenvalue weighted by atomic mass is 10.1. The third kappa shape index (κ3) is 5.55. The number of aromatic nitrogens is 2. The van der Waals surface area contributed by atoms with E-state index in [1.165, 1.54) is 6.20 Å². The van der Waals surface area contributed by atoms with Gasteiger partial charge in [0.1, 0.15) is 24.1 Å². The molecular weight excluding hydrogens is 429 g/mol. The average molecular weight is 451 g/mol. The smallest absolute Gasteiger partial charge is 0.323 e. The Morgan fingerprint density at radius 1 is 1.06 bits per heavy atom. The number of hydrogen-bond donors (Lipinski definition) is 1. The molecule has 0 spiro atoms. The highest BCUT2D eigenvalue weighted by molar-refractivity contribution is 7.50. The number of nitrogens with zero attached hydrogens (tertiary/aromatic N) is 2. The molecule has 0 aliphatic heterocycles. The molecule has 0 amide bonds. The van der Waals surface area contributed by atoms with E-state index in [0.29, 0.717) is 30.0 Å². The molecule has 0 bridgehead atoms. The van der Waals surface area contributed by atoms with Gasteiger partial charge in [-0.25, -0.2) is 0 Å². The molecule has 8 nitrogen and oxygen atoms in total. The van der Waals surface area contributed by atoms with Crippen molar-refractivity contribution in [2.75, 3.05) is 12.4 Å². The minimum absolute atomic E-state index is 0.0908. The van der Waals surface area contributed by atoms with E-state index in [1.807, 2.05) is 54.6 Å². The number of ether oxygens (including phenoxy) is 1. The second-order valence-electron chi connectivity index (χ2n) is 7.26. The van der Waals surface area contributed by atoms with E-state index < -0.39 is 7.60 Å². The summed E-state index contributed by atoms with van der Waals surface area (Å²) in [6.45, 7) is 1.48. The molecule has 0 radical (unpaired) electrons. The zero-order valence-electron chi connectivity index (χ0n) is 17.4. The largest absolute Gasteiger partial charge is 0.766 e. The summed E-state index contributed by atoms with van der Waals surface area (Å²) < 4.78 is 28.5. The van der Waals surface area contributed by atoms with Crippen LogP contribution < -0.4 is 24.7 Å². The molecule has 0 saturated carbocycles. The van der Waals surface area contributed by atoms with Crippen molar-refractivity contribution in [2.24, 2.45) is 0 Å². The van der Waals surface area contributed by atoms with Crippen molar-refractivity contribution < 1.29 is 28.1 Å². The van der Waals surface area contributed by atoms with Crippen LogP contribution in [0.5, 0.6) is 5.75 Å². The van der Waals surface area contributed by atoms with Gasteiger partial charge in [-0.05, 0) is 40.1 Å². The summed E-state index contributed by atoms with van der Waals surface area (Å²) in [6.07, 6.45) is 1.96. The topological polar surface area (TPSA) is 115 Å². The number of pyridine rings is 1. The van der Waals surface area contributed by atoms with Crippen LogP contribution in [0.3, 0.4) is 0 Å². The quantitative estimate of drug-likeness (QED) is 0.324. The average Bonchev–Trinajstić information content (AvgIpc) is 3.23. The first-order chi connectivity index (χ1) is 15.4. The molecule has 4 rings (SSSR count). The molecule has 2 aromatic heterocycles. The number of anilines is 1. The minimum Gasteiger partial charge on any atom is -0.766 e. The minimum atomic E-state index is -4.02. The molecule has 32 heavy (non-hydrogen) atoms. The summed E-state index contributed by atoms with van der Waals surface area (Å²) in [7, 11) is -4.02. The Balaban J connectivity index is 1.42. The van der Waals surface area contributed by atoms with Gasteiger partial charge in [-0.1, -0.05) is 47.6 Å². The van der Waals surface area contributed by atoms with Crippen molar-refractivity contribution in [3.05, 3.63) is 95.8 Å². The maximum absolute atomic E-state index is 11.4. The summed E-state index contributed by atoms with van der Waals surface area (Å²) in [5, 5.41) is 4.10. The molecular formula is C23H22N3O5P. The predicted octanol–water partition coefficient (Wildman–Crippen LogP) is 2.99. The van der Waals surface area contributed by atoms with Crippen LogP contribution in [0.4, 0.5) is 5.82 Å². The molecule has 0 aliphatic rings. The number of nitrogens with two attached hydrogens (primary N) is 1. The molecule has 2 heterocycles. The molecule has 1 unspecified atom stereocenters. The van der Waals surface area contributed by atoms with Gasteiger partial charge in [-0.2, -0.15) is 0 Å². The normalized spacial score (nSPS) is 12.8. The summed E-state index contributed by atoms with van der Waals surface area (Å²) >= 11 is 0. The molecule has 2 N–H and O–H groups in total. The van der Waals surface area contributed by atoms with E-state index in [2.05, 4.69) is 5.16 Å². The fraction of sp³-hybridized carbons (Fsp3) is 0.130. The zero-order valence-corrected chi connectivity index (χ0v) is 18.3. The number of rotatable bonds is 8. The molecule has 4 aromatic rings. The summed E-state index contributed by atoms with van der Waals surface area (Å²) in [4.78, 5) is 11.4. The zero-order chi connectivity index (χ0) is 22.6. The lowest BCUT2D eigenvalue weighted by molar-refractivity contribution is -0.850. The SMILES string of the molecule is CP(=O)([O-])O[n+]1cccc(-c2cc(Cc3ccc(OCc4ccccc4)cc3)no2)c1N. The van der Waals surface area contributed by atoms with Crippen molar-refractivity contribution in [3.8, 4) is 17.1 Å². The Kier molecular flexibility index (Phi) is 6.25. The highest BCUT2D eigenvalue weighted by Crippen LogP contribution is 2.28. The van der Waals surface area contributed by atoms with Crippen LogP contribution in [0.15, 0.2) is 83.5 Å². The summed E-state index contributed by atoms with van der Waals surface area (Å²) in [5.41, 5.74) is 9.37. The Bertz CT molecular complexity index is 1240. The van der Waals surface area contributed by atoms with Crippen LogP contribution in [-0.2, 0) is 17.6 Å². The number of nitrogen functional groups attached to an aromatic ring is 1. The fourth-order valence-corrected chi connectivity index (χ4v) is 3.58. The lowest BCUT2D eigenvalue weighted by Crippen LogP contribution is -2.45. The van der Waals surface area contributed by atoms with E-state index in [-0.39, 0.29) is 5.82 Å². The van der Waals surface area contributed by atoms with Gasteiger partial charge < -0.3 is 14.2 Å². The monoisotopic (exact) mass is 451 g/mol. The van der Waals surface area contributed by atoms with Crippen LogP contribution in [0, 0.1) is 0 Å². The van der Waals surface area contributed by atoms with Crippen molar-refractivity contribution in [2.45, 2.75) is 13.0 Å². The maximum atomic E-state index is 11.4. The van der Waals surface area contributed by atoms with Crippen molar-refractivity contribution in [1.29, 1.82) is 0 Å². The highest BCUT2D eigenvalue weighted by atomic mass is 31.2. The van der Waals surface area contributed by atoms with E-state index in [9.17, 15) is 9.46 Å². The van der Waals surface area contributed by atoms with E-state index >= 15 is 0 Å². The first-order valence-corrected chi connectivity index (χ1v) is 11.9. The molecule has 2 aromatic carbocycles. The van der Waals surface area contributed by atoms with Crippen molar-refractivity contribution >= 4 is 13.4 Å². The van der Waals surface area contributed by atoms with Gasteiger partial charge in [0.05, 0.1) is 5.69 Å². The van der Waals surface area contributed by atoms with Gasteiger partial charge in [0.15, 0.2) is 5.76 Å². The molecule has 0 fully saturated rings. The second-order valence-corrected chi connectivity index (χ2v) is 8.97. The molecule has 9 heteroatoms. The first-order valence-electron chi connectivity index (χ1n) is 9.88. The first kappa shape index (κ1) is 21.6. The second kappa shape index (κ2) is 9.26. The Labute approximate surface area is 185 Å². The Hall–Kier alpha value is -3.61. The third-order valence-corrected chi connectivity index (χ3v) is 5.09. The van der Waals surface area contributed by atoms with Crippen LogP contribution in [0.1, 0.15) is 16.8 Å². The van der Waals surface area contributed by atoms with Gasteiger partial charge in [0.2, 0.25) is 7.60 Å². The fourth-order valence-electron chi connectivity index (χ4n) is 3.12. The van der Waals surface area contributed by atoms with Crippen LogP contribution in [0.25, 0.3) is 11.3 Å². The van der Waals surface area contributed by atoms with E-state index in [0.717, 1.165) is 28.3 Å². The molecule has 0 aliphatic carbocycles. The van der Waals surface area contributed by atoms with Gasteiger partial charge in [-0.15, -0.1) is 0 Å². The van der Waals surface area contributed by atoms with Crippen LogP contribution in [0.2, 0.25) is 0 Å². The summed E-state index contributed by atoms with van der Waals surface area (Å²) in [5.74, 6) is 1.29. The number of hydrogen-bond acceptors (Lipinski definition) is 7. The van der Waals surface area contributed by atoms with E-state index in [1.54, 1.807) is 18.2 Å². The highest BCUT2D eigenvalue weighted by Gasteiger charge is 2.20. The summed E-state index contributed by atoms with van der Waals surface area (Å²) in [6, 6.07) is 22.8. The number of benzene rings is 2. The Morgan fingerprint density at radius 2 is 1.81 bits per heavy atom. The lowest BCUT2D eigenvalue weighted by Gasteiger charge is -2.16. The van der Waals surface area contributed by atoms with Gasteiger partial charge in [0.25, 0.3) is 0 Å². The van der Waals surface area contributed by atoms with Crippen LogP contribution in [-0.4, -0.2) is 11.8 Å². The van der Waals surface area contributed by atoms with Crippen LogP contribution >= 0.6 is 7.60 Å². The molecule has 0 saturated heterocycles. The standard InChI is InChI=1S/C23H22N3O5P/c1-32(27,28)31-26-13-5-8-21(23(26)24)22-15-19(25-30-22)14-17-9-11-20(12-10-17)29-16-18-6-3-2-4-7-18/h2-13,15,24H,14,16H2,1H3,(H,27,28). The van der Waals surface area contributed by atoms with Gasteiger partial charge in [-0.3, -0.25) is 14.9 Å². The molecule has 164 valence electrons. The van der Waals surface area contributed by atoms with Gasteiger partial charge in [0, 0.05) is 19.2 Å². The van der Waals surface area contributed by atoms with E-state index in [4.69, 9.17) is 19.6 Å². The Morgan fingerprint density at radius 3 is 2.53 bits per heavy atom. The predicted molar refractivity (Wildman–Crippen MR) is 117 cm³/mol. The van der Waals surface area contributed by atoms with Gasteiger partial charge >= 0.3 is 5.82 Å². The van der Waals surface area contributed by atoms with Crippen molar-refractivity contribution in [1.82, 2.24) is 5.16 Å². The molecule has 1 atom stereocenters. The maximum Gasteiger partial charge on any atom is 0.323 e. The third-order valence-electron chi connectivity index (χ3n) is 4.62. The van der Waals surface area contributed by atoms with Crippen molar-refractivity contribution in [3.63, 3.8) is 0 Å².